The van der Waals surface area contributed by atoms with Gasteiger partial charge in [-0.2, -0.15) is 0 Å². The van der Waals surface area contributed by atoms with Gasteiger partial charge in [0.15, 0.2) is 0 Å². The van der Waals surface area contributed by atoms with E-state index >= 15 is 0 Å². The van der Waals surface area contributed by atoms with Crippen LogP contribution in [0.5, 0.6) is 0 Å². The Labute approximate surface area is 192 Å². The zero-order valence-electron chi connectivity index (χ0n) is 17.6. The average molecular weight is 449 g/mol. The summed E-state index contributed by atoms with van der Waals surface area (Å²) in [4.78, 5) is 27.6. The number of carbonyl (C=O) groups is 2. The first-order valence-electron chi connectivity index (χ1n) is 10.7. The van der Waals surface area contributed by atoms with Crippen molar-refractivity contribution in [1.29, 1.82) is 0 Å². The summed E-state index contributed by atoms with van der Waals surface area (Å²) >= 11 is 6.17. The summed E-state index contributed by atoms with van der Waals surface area (Å²) in [6.07, 6.45) is 3.42. The van der Waals surface area contributed by atoms with E-state index in [4.69, 9.17) is 11.6 Å². The van der Waals surface area contributed by atoms with Gasteiger partial charge in [0.2, 0.25) is 0 Å². The van der Waals surface area contributed by atoms with Crippen LogP contribution in [0.4, 0.5) is 27.5 Å². The number of rotatable bonds is 5. The quantitative estimate of drug-likeness (QED) is 0.433. The van der Waals surface area contributed by atoms with E-state index in [9.17, 15) is 9.59 Å². The van der Waals surface area contributed by atoms with Gasteiger partial charge in [-0.3, -0.25) is 4.79 Å². The van der Waals surface area contributed by atoms with Crippen LogP contribution >= 0.6 is 11.6 Å². The zero-order chi connectivity index (χ0) is 22.3. The molecule has 3 N–H and O–H groups in total. The second kappa shape index (κ2) is 10.2. The lowest BCUT2D eigenvalue weighted by molar-refractivity contribution is 0.102. The third-order valence-corrected chi connectivity index (χ3v) is 5.69. The number of amides is 3. The van der Waals surface area contributed by atoms with Gasteiger partial charge in [-0.25, -0.2) is 4.79 Å². The van der Waals surface area contributed by atoms with Gasteiger partial charge in [0.05, 0.1) is 22.1 Å². The van der Waals surface area contributed by atoms with Crippen LogP contribution in [0.3, 0.4) is 0 Å². The van der Waals surface area contributed by atoms with E-state index in [0.717, 1.165) is 31.6 Å². The molecule has 1 saturated heterocycles. The molecule has 1 fully saturated rings. The SMILES string of the molecule is O=C(Nc1ccccc1Cl)Nc1cc(NC(=O)c2ccccc2)ccc1N1CCCCC1. The molecular formula is C25H25ClN4O2. The topological polar surface area (TPSA) is 73.5 Å². The summed E-state index contributed by atoms with van der Waals surface area (Å²) in [5, 5.41) is 9.09. The Kier molecular flexibility index (Phi) is 6.92. The number of anilines is 4. The fourth-order valence-corrected chi connectivity index (χ4v) is 3.94. The fraction of sp³-hybridized carbons (Fsp3) is 0.200. The second-order valence-corrected chi connectivity index (χ2v) is 8.07. The predicted octanol–water partition coefficient (Wildman–Crippen LogP) is 6.23. The summed E-state index contributed by atoms with van der Waals surface area (Å²) in [6, 6.07) is 21.3. The van der Waals surface area contributed by atoms with Crippen molar-refractivity contribution in [3.63, 3.8) is 0 Å². The van der Waals surface area contributed by atoms with E-state index in [1.165, 1.54) is 6.42 Å². The summed E-state index contributed by atoms with van der Waals surface area (Å²) in [5.41, 5.74) is 3.25. The van der Waals surface area contributed by atoms with Crippen molar-refractivity contribution < 1.29 is 9.59 Å². The summed E-state index contributed by atoms with van der Waals surface area (Å²) in [6.45, 7) is 1.85. The number of nitrogens with zero attached hydrogens (tertiary/aromatic N) is 1. The van der Waals surface area contributed by atoms with E-state index in [2.05, 4.69) is 20.9 Å². The molecule has 6 nitrogen and oxygen atoms in total. The molecule has 0 unspecified atom stereocenters. The van der Waals surface area contributed by atoms with Crippen LogP contribution < -0.4 is 20.9 Å². The Morgan fingerprint density at radius 1 is 0.750 bits per heavy atom. The standard InChI is InChI=1S/C25H25ClN4O2/c26-20-11-5-6-12-21(20)28-25(32)29-22-17-19(27-24(31)18-9-3-1-4-10-18)13-14-23(22)30-15-7-2-8-16-30/h1,3-6,9-14,17H,2,7-8,15-16H2,(H,27,31)(H2,28,29,32). The number of para-hydroxylation sites is 1. The number of benzene rings is 3. The van der Waals surface area contributed by atoms with Crippen molar-refractivity contribution in [1.82, 2.24) is 0 Å². The van der Waals surface area contributed by atoms with Gasteiger partial charge < -0.3 is 20.9 Å². The average Bonchev–Trinajstić information content (AvgIpc) is 2.82. The first kappa shape index (κ1) is 21.7. The molecule has 4 rings (SSSR count). The molecule has 3 aromatic carbocycles. The molecule has 1 heterocycles. The van der Waals surface area contributed by atoms with E-state index in [-0.39, 0.29) is 5.91 Å². The number of hydrogen-bond donors (Lipinski definition) is 3. The number of halogens is 1. The van der Waals surface area contributed by atoms with Gasteiger partial charge in [0.25, 0.3) is 5.91 Å². The lowest BCUT2D eigenvalue weighted by Gasteiger charge is -2.31. The van der Waals surface area contributed by atoms with E-state index < -0.39 is 6.03 Å². The lowest BCUT2D eigenvalue weighted by Crippen LogP contribution is -2.31. The molecule has 32 heavy (non-hydrogen) atoms. The summed E-state index contributed by atoms with van der Waals surface area (Å²) in [7, 11) is 0. The highest BCUT2D eigenvalue weighted by Crippen LogP contribution is 2.32. The Morgan fingerprint density at radius 2 is 1.44 bits per heavy atom. The van der Waals surface area contributed by atoms with Crippen LogP contribution in [-0.2, 0) is 0 Å². The van der Waals surface area contributed by atoms with Gasteiger partial charge in [-0.1, -0.05) is 41.9 Å². The van der Waals surface area contributed by atoms with Crippen LogP contribution in [0, 0.1) is 0 Å². The fourth-order valence-electron chi connectivity index (χ4n) is 3.76. The van der Waals surface area contributed by atoms with E-state index in [1.54, 1.807) is 42.5 Å². The molecule has 7 heteroatoms. The second-order valence-electron chi connectivity index (χ2n) is 7.66. The van der Waals surface area contributed by atoms with Crippen molar-refractivity contribution in [2.75, 3.05) is 33.9 Å². The maximum Gasteiger partial charge on any atom is 0.323 e. The zero-order valence-corrected chi connectivity index (χ0v) is 18.4. The molecule has 0 spiro atoms. The minimum absolute atomic E-state index is 0.206. The maximum atomic E-state index is 12.7. The molecule has 0 aliphatic carbocycles. The molecule has 3 aromatic rings. The van der Waals surface area contributed by atoms with Crippen LogP contribution in [0.1, 0.15) is 29.6 Å². The highest BCUT2D eigenvalue weighted by atomic mass is 35.5. The largest absolute Gasteiger partial charge is 0.370 e. The van der Waals surface area contributed by atoms with Crippen LogP contribution in [-0.4, -0.2) is 25.0 Å². The number of carbonyl (C=O) groups excluding carboxylic acids is 2. The number of nitrogens with one attached hydrogen (secondary N) is 3. The molecule has 0 saturated carbocycles. The van der Waals surface area contributed by atoms with Crippen molar-refractivity contribution in [3.8, 4) is 0 Å². The number of hydrogen-bond acceptors (Lipinski definition) is 3. The molecule has 0 aromatic heterocycles. The minimum atomic E-state index is -0.400. The first-order valence-corrected chi connectivity index (χ1v) is 11.1. The monoisotopic (exact) mass is 448 g/mol. The third-order valence-electron chi connectivity index (χ3n) is 5.36. The van der Waals surface area contributed by atoms with Crippen LogP contribution in [0.25, 0.3) is 0 Å². The Hall–Kier alpha value is -3.51. The van der Waals surface area contributed by atoms with Gasteiger partial charge in [-0.15, -0.1) is 0 Å². The number of piperidine rings is 1. The molecule has 1 aliphatic rings. The molecular weight excluding hydrogens is 424 g/mol. The normalized spacial score (nSPS) is 13.3. The highest BCUT2D eigenvalue weighted by Gasteiger charge is 2.18. The third kappa shape index (κ3) is 5.39. The van der Waals surface area contributed by atoms with Crippen molar-refractivity contribution in [2.45, 2.75) is 19.3 Å². The Bertz CT molecular complexity index is 1100. The van der Waals surface area contributed by atoms with E-state index in [1.807, 2.05) is 30.3 Å². The Morgan fingerprint density at radius 3 is 2.19 bits per heavy atom. The van der Waals surface area contributed by atoms with Crippen LogP contribution in [0.2, 0.25) is 5.02 Å². The highest BCUT2D eigenvalue weighted by molar-refractivity contribution is 6.33. The van der Waals surface area contributed by atoms with Crippen molar-refractivity contribution in [3.05, 3.63) is 83.4 Å². The van der Waals surface area contributed by atoms with Gasteiger partial charge in [0.1, 0.15) is 0 Å². The van der Waals surface area contributed by atoms with Crippen molar-refractivity contribution >= 4 is 46.3 Å². The minimum Gasteiger partial charge on any atom is -0.370 e. The van der Waals surface area contributed by atoms with Gasteiger partial charge >= 0.3 is 6.03 Å². The molecule has 0 radical (unpaired) electrons. The first-order chi connectivity index (χ1) is 15.6. The molecule has 0 atom stereocenters. The Balaban J connectivity index is 1.56. The smallest absolute Gasteiger partial charge is 0.323 e. The summed E-state index contributed by atoms with van der Waals surface area (Å²) in [5.74, 6) is -0.206. The van der Waals surface area contributed by atoms with Gasteiger partial charge in [0, 0.05) is 24.3 Å². The maximum absolute atomic E-state index is 12.7. The molecule has 1 aliphatic heterocycles. The molecule has 0 bridgehead atoms. The molecule has 164 valence electrons. The lowest BCUT2D eigenvalue weighted by atomic mass is 10.1. The summed E-state index contributed by atoms with van der Waals surface area (Å²) < 4.78 is 0. The predicted molar refractivity (Wildman–Crippen MR) is 131 cm³/mol. The number of urea groups is 1. The van der Waals surface area contributed by atoms with E-state index in [0.29, 0.717) is 27.6 Å². The van der Waals surface area contributed by atoms with Crippen molar-refractivity contribution in [2.24, 2.45) is 0 Å². The van der Waals surface area contributed by atoms with Gasteiger partial charge in [-0.05, 0) is 61.7 Å². The van der Waals surface area contributed by atoms with Crippen LogP contribution in [0.15, 0.2) is 72.8 Å². The molecule has 3 amide bonds.